The summed E-state index contributed by atoms with van der Waals surface area (Å²) < 4.78 is 30.9. The molecule has 4 rings (SSSR count). The summed E-state index contributed by atoms with van der Waals surface area (Å²) in [7, 11) is 5.30. The van der Waals surface area contributed by atoms with Gasteiger partial charge < -0.3 is 29.1 Å². The molecule has 0 aliphatic heterocycles. The number of hydrogen-bond acceptors (Lipinski definition) is 6. The SMILES string of the molecule is C#C.CCCCN(C)CCOc1ccc(CN(CC)c2ccc(OC)c(OC)c2)cc1F.Oc1ccc2c(c1)CCCC2. The first-order valence-corrected chi connectivity index (χ1v) is 15.1. The number of phenolic OH excluding ortho intramolecular Hbond substituents is 1. The molecule has 0 radical (unpaired) electrons. The Bertz CT molecular complexity index is 1260. The van der Waals surface area contributed by atoms with Crippen LogP contribution >= 0.6 is 0 Å². The third-order valence-corrected chi connectivity index (χ3v) is 7.44. The average molecular weight is 593 g/mol. The molecule has 6 nitrogen and oxygen atoms in total. The maximum Gasteiger partial charge on any atom is 0.165 e. The van der Waals surface area contributed by atoms with Crippen molar-refractivity contribution < 1.29 is 23.7 Å². The van der Waals surface area contributed by atoms with Crippen molar-refractivity contribution in [3.05, 3.63) is 77.1 Å². The zero-order valence-corrected chi connectivity index (χ0v) is 26.6. The van der Waals surface area contributed by atoms with Gasteiger partial charge in [-0.15, -0.1) is 12.8 Å². The molecule has 3 aromatic rings. The molecular formula is C36H49FN2O4. The van der Waals surface area contributed by atoms with Gasteiger partial charge in [0.25, 0.3) is 0 Å². The molecule has 0 bridgehead atoms. The van der Waals surface area contributed by atoms with Crippen LogP contribution in [0, 0.1) is 18.7 Å². The van der Waals surface area contributed by atoms with E-state index in [1.807, 2.05) is 36.4 Å². The topological polar surface area (TPSA) is 54.4 Å². The van der Waals surface area contributed by atoms with Crippen LogP contribution in [0.2, 0.25) is 0 Å². The Kier molecular flexibility index (Phi) is 15.9. The number of hydrogen-bond donors (Lipinski definition) is 1. The minimum atomic E-state index is -0.327. The minimum absolute atomic E-state index is 0.303. The third-order valence-electron chi connectivity index (χ3n) is 7.44. The summed E-state index contributed by atoms with van der Waals surface area (Å²) in [5.74, 6) is 1.74. The van der Waals surface area contributed by atoms with Crippen LogP contribution in [0.15, 0.2) is 54.6 Å². The molecule has 0 fully saturated rings. The van der Waals surface area contributed by atoms with Crippen molar-refractivity contribution >= 4 is 5.69 Å². The minimum Gasteiger partial charge on any atom is -0.508 e. The van der Waals surface area contributed by atoms with E-state index in [1.54, 1.807) is 32.4 Å². The van der Waals surface area contributed by atoms with Gasteiger partial charge in [0, 0.05) is 31.4 Å². The Balaban J connectivity index is 0.000000408. The number of ether oxygens (including phenoxy) is 3. The number of fused-ring (bicyclic) bond motifs is 1. The van der Waals surface area contributed by atoms with Gasteiger partial charge in [-0.3, -0.25) is 0 Å². The predicted molar refractivity (Wildman–Crippen MR) is 175 cm³/mol. The summed E-state index contributed by atoms with van der Waals surface area (Å²) in [4.78, 5) is 4.36. The number of terminal acetylenes is 1. The summed E-state index contributed by atoms with van der Waals surface area (Å²) in [5.41, 5.74) is 4.65. The molecule has 0 atom stereocenters. The molecule has 0 heterocycles. The Hall–Kier alpha value is -3.89. The Morgan fingerprint density at radius 2 is 1.53 bits per heavy atom. The molecule has 1 N–H and O–H groups in total. The highest BCUT2D eigenvalue weighted by molar-refractivity contribution is 5.56. The van der Waals surface area contributed by atoms with Crippen LogP contribution in [0.3, 0.4) is 0 Å². The highest BCUT2D eigenvalue weighted by Crippen LogP contribution is 2.32. The number of nitrogens with zero attached hydrogens (tertiary/aromatic N) is 2. The van der Waals surface area contributed by atoms with E-state index < -0.39 is 0 Å². The molecule has 0 spiro atoms. The van der Waals surface area contributed by atoms with Crippen LogP contribution < -0.4 is 19.1 Å². The quantitative estimate of drug-likeness (QED) is 0.208. The number of unbranched alkanes of at least 4 members (excludes halogenated alkanes) is 1. The molecule has 234 valence electrons. The fourth-order valence-electron chi connectivity index (χ4n) is 4.96. The maximum absolute atomic E-state index is 14.6. The molecule has 0 saturated carbocycles. The van der Waals surface area contributed by atoms with E-state index in [4.69, 9.17) is 14.2 Å². The monoisotopic (exact) mass is 592 g/mol. The first-order valence-electron chi connectivity index (χ1n) is 15.1. The smallest absolute Gasteiger partial charge is 0.165 e. The first-order chi connectivity index (χ1) is 20.9. The van der Waals surface area contributed by atoms with E-state index in [1.165, 1.54) is 36.8 Å². The lowest BCUT2D eigenvalue weighted by Gasteiger charge is -2.24. The van der Waals surface area contributed by atoms with Gasteiger partial charge in [0.05, 0.1) is 14.2 Å². The van der Waals surface area contributed by atoms with Crippen LogP contribution in [-0.4, -0.2) is 57.5 Å². The third kappa shape index (κ3) is 11.4. The second kappa shape index (κ2) is 19.3. The van der Waals surface area contributed by atoms with Gasteiger partial charge in [-0.05, 0) is 106 Å². The molecular weight excluding hydrogens is 543 g/mol. The van der Waals surface area contributed by atoms with Gasteiger partial charge in [-0.25, -0.2) is 4.39 Å². The molecule has 0 amide bonds. The van der Waals surface area contributed by atoms with Gasteiger partial charge in [0.2, 0.25) is 0 Å². The fraction of sp³-hybridized carbons (Fsp3) is 0.444. The van der Waals surface area contributed by atoms with Gasteiger partial charge in [0.15, 0.2) is 23.1 Å². The Morgan fingerprint density at radius 3 is 2.19 bits per heavy atom. The Labute approximate surface area is 258 Å². The van der Waals surface area contributed by atoms with E-state index in [9.17, 15) is 9.50 Å². The summed E-state index contributed by atoms with van der Waals surface area (Å²) in [6, 6.07) is 16.7. The van der Waals surface area contributed by atoms with Gasteiger partial charge in [-0.2, -0.15) is 0 Å². The summed E-state index contributed by atoms with van der Waals surface area (Å²) in [6.07, 6.45) is 15.2. The largest absolute Gasteiger partial charge is 0.508 e. The highest BCUT2D eigenvalue weighted by atomic mass is 19.1. The van der Waals surface area contributed by atoms with E-state index in [0.717, 1.165) is 43.7 Å². The molecule has 0 aromatic heterocycles. The van der Waals surface area contributed by atoms with Crippen molar-refractivity contribution in [3.8, 4) is 35.8 Å². The lowest BCUT2D eigenvalue weighted by Crippen LogP contribution is -2.25. The molecule has 3 aromatic carbocycles. The van der Waals surface area contributed by atoms with Crippen molar-refractivity contribution in [2.24, 2.45) is 0 Å². The van der Waals surface area contributed by atoms with Gasteiger partial charge in [-0.1, -0.05) is 25.5 Å². The van der Waals surface area contributed by atoms with Crippen molar-refractivity contribution in [1.29, 1.82) is 0 Å². The Morgan fingerprint density at radius 1 is 0.837 bits per heavy atom. The van der Waals surface area contributed by atoms with Crippen LogP contribution in [-0.2, 0) is 19.4 Å². The molecule has 0 saturated heterocycles. The zero-order chi connectivity index (χ0) is 31.6. The van der Waals surface area contributed by atoms with E-state index in [-0.39, 0.29) is 5.82 Å². The number of aromatic hydroxyl groups is 1. The number of rotatable bonds is 13. The fourth-order valence-corrected chi connectivity index (χ4v) is 4.96. The van der Waals surface area contributed by atoms with Gasteiger partial charge >= 0.3 is 0 Å². The summed E-state index contributed by atoms with van der Waals surface area (Å²) in [6.45, 7) is 7.89. The van der Waals surface area contributed by atoms with Crippen LogP contribution in [0.4, 0.5) is 10.1 Å². The standard InChI is InChI=1S/C24H35FN2O3.C10H12O.C2H2/c1-6-8-13-26(3)14-15-30-22-11-9-19(16-21(22)25)18-27(7-2)20-10-12-23(28-4)24(17-20)29-5;11-10-6-5-8-3-1-2-4-9(8)7-10;1-2/h9-12,16-17H,6-8,13-15,18H2,1-5H3;5-7,11H,1-4H2;1-2H. The van der Waals surface area contributed by atoms with Crippen LogP contribution in [0.5, 0.6) is 23.0 Å². The normalized spacial score (nSPS) is 11.7. The molecule has 1 aliphatic rings. The molecule has 0 unspecified atom stereocenters. The second-order valence-electron chi connectivity index (χ2n) is 10.5. The van der Waals surface area contributed by atoms with Crippen molar-refractivity contribution in [2.75, 3.05) is 52.4 Å². The average Bonchev–Trinajstić information content (AvgIpc) is 3.04. The number of phenols is 1. The zero-order valence-electron chi connectivity index (χ0n) is 26.6. The van der Waals surface area contributed by atoms with E-state index in [0.29, 0.717) is 36.1 Å². The lowest BCUT2D eigenvalue weighted by atomic mass is 9.92. The summed E-state index contributed by atoms with van der Waals surface area (Å²) >= 11 is 0. The van der Waals surface area contributed by atoms with E-state index >= 15 is 0 Å². The molecule has 43 heavy (non-hydrogen) atoms. The first kappa shape index (κ1) is 35.3. The van der Waals surface area contributed by atoms with E-state index in [2.05, 4.69) is 43.5 Å². The van der Waals surface area contributed by atoms with Crippen molar-refractivity contribution in [1.82, 2.24) is 4.90 Å². The molecule has 1 aliphatic carbocycles. The van der Waals surface area contributed by atoms with Crippen LogP contribution in [0.1, 0.15) is 56.2 Å². The second-order valence-corrected chi connectivity index (χ2v) is 10.5. The lowest BCUT2D eigenvalue weighted by molar-refractivity contribution is 0.229. The maximum atomic E-state index is 14.6. The van der Waals surface area contributed by atoms with Gasteiger partial charge in [0.1, 0.15) is 12.4 Å². The highest BCUT2D eigenvalue weighted by Gasteiger charge is 2.13. The number of aryl methyl sites for hydroxylation is 2. The van der Waals surface area contributed by atoms with Crippen LogP contribution in [0.25, 0.3) is 0 Å². The van der Waals surface area contributed by atoms with Crippen molar-refractivity contribution in [3.63, 3.8) is 0 Å². The number of halogens is 1. The predicted octanol–water partition coefficient (Wildman–Crippen LogP) is 7.50. The number of methoxy groups -OCH3 is 2. The summed E-state index contributed by atoms with van der Waals surface area (Å²) in [5, 5.41) is 9.19. The number of benzene rings is 3. The number of likely N-dealkylation sites (N-methyl/N-ethyl adjacent to an activating group) is 1. The van der Waals surface area contributed by atoms with Crippen molar-refractivity contribution in [2.45, 2.75) is 58.9 Å². The molecule has 7 heteroatoms. The number of anilines is 1.